The van der Waals surface area contributed by atoms with Crippen molar-refractivity contribution >= 4 is 16.8 Å². The number of nitrogens with one attached hydrogen (secondary N) is 3. The van der Waals surface area contributed by atoms with Crippen LogP contribution in [0.4, 0.5) is 0 Å². The third-order valence-corrected chi connectivity index (χ3v) is 5.31. The standard InChI is InChI=1S/C21H21N7O/c29-21(26-15-9-16(22-11-15)13-28-8-2-7-25-28)14-5-6-19(23-10-14)17-3-1-4-20-18(17)12-24-27-20/h1-8,10,12,15-16,22H,9,11,13H2,(H,24,27)(H,26,29)/t15-,16+/m1/s1. The molecule has 1 aromatic carbocycles. The van der Waals surface area contributed by atoms with E-state index in [1.54, 1.807) is 18.6 Å². The van der Waals surface area contributed by atoms with Gasteiger partial charge in [-0.25, -0.2) is 0 Å². The fraction of sp³-hybridized carbons (Fsp3) is 0.238. The number of aromatic nitrogens is 5. The number of amides is 1. The lowest BCUT2D eigenvalue weighted by atomic mass is 10.1. The summed E-state index contributed by atoms with van der Waals surface area (Å²) >= 11 is 0. The lowest BCUT2D eigenvalue weighted by molar-refractivity contribution is 0.0939. The van der Waals surface area contributed by atoms with Crippen LogP contribution in [0.15, 0.2) is 61.2 Å². The molecule has 5 rings (SSSR count). The van der Waals surface area contributed by atoms with Crippen LogP contribution in [0.3, 0.4) is 0 Å². The summed E-state index contributed by atoms with van der Waals surface area (Å²) in [6, 6.07) is 12.0. The first kappa shape index (κ1) is 17.6. The molecule has 0 aliphatic carbocycles. The average Bonchev–Trinajstić information content (AvgIpc) is 3.50. The maximum Gasteiger partial charge on any atom is 0.253 e. The Morgan fingerprint density at radius 1 is 1.21 bits per heavy atom. The van der Waals surface area contributed by atoms with Crippen molar-refractivity contribution < 1.29 is 4.79 Å². The molecule has 3 aromatic heterocycles. The molecule has 3 N–H and O–H groups in total. The van der Waals surface area contributed by atoms with Crippen molar-refractivity contribution in [3.05, 3.63) is 66.7 Å². The van der Waals surface area contributed by atoms with Crippen molar-refractivity contribution in [2.24, 2.45) is 0 Å². The molecular formula is C21H21N7O. The molecule has 0 saturated carbocycles. The minimum absolute atomic E-state index is 0.0995. The minimum atomic E-state index is -0.0999. The van der Waals surface area contributed by atoms with E-state index in [2.05, 4.69) is 30.9 Å². The van der Waals surface area contributed by atoms with Crippen LogP contribution < -0.4 is 10.6 Å². The van der Waals surface area contributed by atoms with E-state index in [1.165, 1.54) is 0 Å². The second-order valence-electron chi connectivity index (χ2n) is 7.31. The molecule has 1 fully saturated rings. The van der Waals surface area contributed by atoms with Crippen molar-refractivity contribution in [1.82, 2.24) is 35.6 Å². The molecule has 4 aromatic rings. The molecule has 2 atom stereocenters. The molecule has 1 aliphatic heterocycles. The summed E-state index contributed by atoms with van der Waals surface area (Å²) in [5.41, 5.74) is 3.33. The van der Waals surface area contributed by atoms with Crippen LogP contribution in [0.5, 0.6) is 0 Å². The largest absolute Gasteiger partial charge is 0.348 e. The van der Waals surface area contributed by atoms with Gasteiger partial charge in [-0.15, -0.1) is 0 Å². The van der Waals surface area contributed by atoms with E-state index in [-0.39, 0.29) is 11.9 Å². The van der Waals surface area contributed by atoms with Gasteiger partial charge in [0.05, 0.1) is 29.5 Å². The van der Waals surface area contributed by atoms with Crippen LogP contribution in [-0.2, 0) is 6.54 Å². The molecule has 4 heterocycles. The van der Waals surface area contributed by atoms with Crippen LogP contribution in [0.1, 0.15) is 16.8 Å². The van der Waals surface area contributed by atoms with Gasteiger partial charge in [-0.05, 0) is 30.7 Å². The number of pyridine rings is 1. The maximum absolute atomic E-state index is 12.6. The Bertz CT molecular complexity index is 1120. The lowest BCUT2D eigenvalue weighted by Crippen LogP contribution is -2.36. The van der Waals surface area contributed by atoms with Gasteiger partial charge >= 0.3 is 0 Å². The normalized spacial score (nSPS) is 18.9. The zero-order valence-electron chi connectivity index (χ0n) is 15.7. The topological polar surface area (TPSA) is 101 Å². The Balaban J connectivity index is 1.24. The van der Waals surface area contributed by atoms with Crippen molar-refractivity contribution in [2.75, 3.05) is 6.54 Å². The fourth-order valence-corrected chi connectivity index (χ4v) is 3.85. The number of carbonyl (C=O) groups excluding carboxylic acids is 1. The Morgan fingerprint density at radius 3 is 3.00 bits per heavy atom. The van der Waals surface area contributed by atoms with Gasteiger partial charge in [0.1, 0.15) is 0 Å². The number of benzene rings is 1. The van der Waals surface area contributed by atoms with Gasteiger partial charge in [0, 0.05) is 48.2 Å². The Labute approximate surface area is 167 Å². The van der Waals surface area contributed by atoms with E-state index < -0.39 is 0 Å². The van der Waals surface area contributed by atoms with Crippen molar-refractivity contribution in [3.63, 3.8) is 0 Å². The highest BCUT2D eigenvalue weighted by atomic mass is 16.1. The van der Waals surface area contributed by atoms with Gasteiger partial charge in [-0.2, -0.15) is 10.2 Å². The highest BCUT2D eigenvalue weighted by Gasteiger charge is 2.26. The summed E-state index contributed by atoms with van der Waals surface area (Å²) in [5, 5.41) is 18.9. The summed E-state index contributed by atoms with van der Waals surface area (Å²) in [6.45, 7) is 1.56. The van der Waals surface area contributed by atoms with Crippen LogP contribution in [0.25, 0.3) is 22.2 Å². The third kappa shape index (κ3) is 3.62. The molecule has 8 heteroatoms. The molecule has 1 aliphatic rings. The number of hydrogen-bond donors (Lipinski definition) is 3. The summed E-state index contributed by atoms with van der Waals surface area (Å²) in [4.78, 5) is 17.1. The molecule has 146 valence electrons. The summed E-state index contributed by atoms with van der Waals surface area (Å²) in [6.07, 6.45) is 8.02. The molecule has 0 unspecified atom stereocenters. The Kier molecular flexibility index (Phi) is 4.53. The average molecular weight is 387 g/mol. The molecule has 0 bridgehead atoms. The molecule has 8 nitrogen and oxygen atoms in total. The number of rotatable bonds is 5. The zero-order valence-corrected chi connectivity index (χ0v) is 15.7. The van der Waals surface area contributed by atoms with Crippen molar-refractivity contribution in [3.8, 4) is 11.3 Å². The second-order valence-corrected chi connectivity index (χ2v) is 7.31. The molecule has 1 saturated heterocycles. The number of carbonyl (C=O) groups is 1. The van der Waals surface area contributed by atoms with E-state index in [0.717, 1.165) is 41.7 Å². The zero-order chi connectivity index (χ0) is 19.6. The van der Waals surface area contributed by atoms with E-state index in [0.29, 0.717) is 11.6 Å². The molecular weight excluding hydrogens is 366 g/mol. The van der Waals surface area contributed by atoms with Gasteiger partial charge in [0.25, 0.3) is 5.91 Å². The van der Waals surface area contributed by atoms with Gasteiger partial charge in [0.2, 0.25) is 0 Å². The molecule has 29 heavy (non-hydrogen) atoms. The second kappa shape index (κ2) is 7.48. The maximum atomic E-state index is 12.6. The lowest BCUT2D eigenvalue weighted by Gasteiger charge is -2.13. The van der Waals surface area contributed by atoms with Crippen molar-refractivity contribution in [2.45, 2.75) is 25.0 Å². The summed E-state index contributed by atoms with van der Waals surface area (Å²) in [5.74, 6) is -0.0999. The third-order valence-electron chi connectivity index (χ3n) is 5.31. The van der Waals surface area contributed by atoms with Crippen LogP contribution >= 0.6 is 0 Å². The Morgan fingerprint density at radius 2 is 2.17 bits per heavy atom. The SMILES string of the molecule is O=C(N[C@H]1CN[C@H](Cn2cccn2)C1)c1ccc(-c2cccc3[nH]ncc23)nc1. The Hall–Kier alpha value is -3.52. The van der Waals surface area contributed by atoms with E-state index in [1.807, 2.05) is 47.3 Å². The number of aromatic amines is 1. The van der Waals surface area contributed by atoms with Gasteiger partial charge in [-0.3, -0.25) is 19.6 Å². The van der Waals surface area contributed by atoms with Crippen molar-refractivity contribution in [1.29, 1.82) is 0 Å². The van der Waals surface area contributed by atoms with Gasteiger partial charge in [-0.1, -0.05) is 12.1 Å². The van der Waals surface area contributed by atoms with E-state index in [4.69, 9.17) is 0 Å². The molecule has 0 spiro atoms. The van der Waals surface area contributed by atoms with E-state index in [9.17, 15) is 4.79 Å². The number of fused-ring (bicyclic) bond motifs is 1. The highest BCUT2D eigenvalue weighted by molar-refractivity contribution is 5.96. The quantitative estimate of drug-likeness (QED) is 0.486. The first-order chi connectivity index (χ1) is 14.3. The van der Waals surface area contributed by atoms with Crippen LogP contribution in [0.2, 0.25) is 0 Å². The molecule has 0 radical (unpaired) electrons. The summed E-state index contributed by atoms with van der Waals surface area (Å²) < 4.78 is 1.91. The van der Waals surface area contributed by atoms with E-state index >= 15 is 0 Å². The number of nitrogens with zero attached hydrogens (tertiary/aromatic N) is 4. The first-order valence-electron chi connectivity index (χ1n) is 9.66. The predicted octanol–water partition coefficient (Wildman–Crippen LogP) is 1.98. The van der Waals surface area contributed by atoms with Gasteiger partial charge in [0.15, 0.2) is 0 Å². The van der Waals surface area contributed by atoms with Gasteiger partial charge < -0.3 is 10.6 Å². The predicted molar refractivity (Wildman–Crippen MR) is 109 cm³/mol. The molecule has 1 amide bonds. The minimum Gasteiger partial charge on any atom is -0.348 e. The summed E-state index contributed by atoms with van der Waals surface area (Å²) in [7, 11) is 0. The smallest absolute Gasteiger partial charge is 0.253 e. The van der Waals surface area contributed by atoms with Crippen LogP contribution in [-0.4, -0.2) is 49.5 Å². The highest BCUT2D eigenvalue weighted by Crippen LogP contribution is 2.25. The van der Waals surface area contributed by atoms with Crippen LogP contribution in [0, 0.1) is 0 Å². The number of hydrogen-bond acceptors (Lipinski definition) is 5. The number of H-pyrrole nitrogens is 1. The fourth-order valence-electron chi connectivity index (χ4n) is 3.85. The first-order valence-corrected chi connectivity index (χ1v) is 9.66. The monoisotopic (exact) mass is 387 g/mol.